The van der Waals surface area contributed by atoms with Gasteiger partial charge in [-0.1, -0.05) is 48.9 Å². The smallest absolute Gasteiger partial charge is 0.00892 e. The first-order valence-corrected chi connectivity index (χ1v) is 6.61. The first kappa shape index (κ1) is 10.1. The average Bonchev–Trinajstić information content (AvgIpc) is 2.98. The van der Waals surface area contributed by atoms with Crippen LogP contribution in [0.15, 0.2) is 42.5 Å². The highest BCUT2D eigenvalue weighted by atomic mass is 14.5. The van der Waals surface area contributed by atoms with Crippen molar-refractivity contribution in [3.8, 4) is 0 Å². The predicted molar refractivity (Wildman–Crippen MR) is 68.3 cm³/mol. The van der Waals surface area contributed by atoms with Gasteiger partial charge in [0.1, 0.15) is 0 Å². The average molecular weight is 212 g/mol. The third kappa shape index (κ3) is 1.93. The SMILES string of the molecule is C(=C/C1(C2CCC2)CC1)/Cc1ccccc1. The lowest BCUT2D eigenvalue weighted by Gasteiger charge is -2.32. The second kappa shape index (κ2) is 4.08. The van der Waals surface area contributed by atoms with E-state index in [1.807, 2.05) is 0 Å². The maximum atomic E-state index is 2.53. The molecule has 0 N–H and O–H groups in total. The Morgan fingerprint density at radius 3 is 2.44 bits per heavy atom. The van der Waals surface area contributed by atoms with Gasteiger partial charge in [0.25, 0.3) is 0 Å². The van der Waals surface area contributed by atoms with E-state index in [0.717, 1.165) is 12.3 Å². The zero-order valence-electron chi connectivity index (χ0n) is 9.86. The molecule has 0 aliphatic heterocycles. The maximum Gasteiger partial charge on any atom is -0.00892 e. The monoisotopic (exact) mass is 212 g/mol. The zero-order valence-corrected chi connectivity index (χ0v) is 9.86. The van der Waals surface area contributed by atoms with Crippen LogP contribution in [0.2, 0.25) is 0 Å². The van der Waals surface area contributed by atoms with Crippen LogP contribution < -0.4 is 0 Å². The van der Waals surface area contributed by atoms with Crippen molar-refractivity contribution in [2.24, 2.45) is 11.3 Å². The van der Waals surface area contributed by atoms with E-state index in [9.17, 15) is 0 Å². The van der Waals surface area contributed by atoms with Crippen LogP contribution in [0.1, 0.15) is 37.7 Å². The first-order valence-electron chi connectivity index (χ1n) is 6.61. The van der Waals surface area contributed by atoms with Gasteiger partial charge < -0.3 is 0 Å². The minimum absolute atomic E-state index is 0.646. The van der Waals surface area contributed by atoms with Crippen molar-refractivity contribution in [3.63, 3.8) is 0 Å². The van der Waals surface area contributed by atoms with Crippen LogP contribution in [0, 0.1) is 11.3 Å². The summed E-state index contributed by atoms with van der Waals surface area (Å²) in [6.45, 7) is 0. The topological polar surface area (TPSA) is 0 Å². The number of hydrogen-bond donors (Lipinski definition) is 0. The highest BCUT2D eigenvalue weighted by molar-refractivity contribution is 5.20. The molecular formula is C16H20. The molecule has 0 heteroatoms. The molecule has 16 heavy (non-hydrogen) atoms. The summed E-state index contributed by atoms with van der Waals surface area (Å²) in [5, 5.41) is 0. The third-order valence-corrected chi connectivity index (χ3v) is 4.39. The van der Waals surface area contributed by atoms with Crippen molar-refractivity contribution >= 4 is 0 Å². The Hall–Kier alpha value is -1.04. The van der Waals surface area contributed by atoms with E-state index in [1.54, 1.807) is 0 Å². The minimum atomic E-state index is 0.646. The summed E-state index contributed by atoms with van der Waals surface area (Å²) < 4.78 is 0. The molecule has 1 aromatic carbocycles. The minimum Gasteiger partial charge on any atom is -0.0836 e. The molecule has 0 bridgehead atoms. The van der Waals surface area contributed by atoms with Crippen LogP contribution in [-0.4, -0.2) is 0 Å². The Kier molecular flexibility index (Phi) is 2.59. The van der Waals surface area contributed by atoms with E-state index < -0.39 is 0 Å². The van der Waals surface area contributed by atoms with E-state index in [0.29, 0.717) is 5.41 Å². The fraction of sp³-hybridized carbons (Fsp3) is 0.500. The van der Waals surface area contributed by atoms with Gasteiger partial charge in [0.15, 0.2) is 0 Å². The van der Waals surface area contributed by atoms with Gasteiger partial charge in [-0.3, -0.25) is 0 Å². The number of allylic oxidation sites excluding steroid dienone is 2. The van der Waals surface area contributed by atoms with Gasteiger partial charge >= 0.3 is 0 Å². The highest BCUT2D eigenvalue weighted by Crippen LogP contribution is 2.59. The lowest BCUT2D eigenvalue weighted by Crippen LogP contribution is -2.21. The van der Waals surface area contributed by atoms with Crippen LogP contribution in [0.25, 0.3) is 0 Å². The first-order chi connectivity index (χ1) is 7.89. The summed E-state index contributed by atoms with van der Waals surface area (Å²) in [5.74, 6) is 1.03. The van der Waals surface area contributed by atoms with E-state index >= 15 is 0 Å². The standard InChI is InChI=1S/C16H20/c1-2-6-14(7-3-1)8-5-11-16(12-13-16)15-9-4-10-15/h1-3,5-7,11,15H,4,8-10,12-13H2/b11-5-. The summed E-state index contributed by atoms with van der Waals surface area (Å²) in [6, 6.07) is 10.8. The number of benzene rings is 1. The van der Waals surface area contributed by atoms with E-state index in [4.69, 9.17) is 0 Å². The van der Waals surface area contributed by atoms with E-state index in [-0.39, 0.29) is 0 Å². The molecule has 0 unspecified atom stereocenters. The van der Waals surface area contributed by atoms with Crippen LogP contribution in [0.3, 0.4) is 0 Å². The molecule has 0 saturated heterocycles. The van der Waals surface area contributed by atoms with Gasteiger partial charge in [-0.05, 0) is 49.0 Å². The lowest BCUT2D eigenvalue weighted by atomic mass is 9.73. The fourth-order valence-corrected chi connectivity index (χ4v) is 2.88. The fourth-order valence-electron chi connectivity index (χ4n) is 2.88. The molecule has 84 valence electrons. The summed E-state index contributed by atoms with van der Waals surface area (Å²) >= 11 is 0. The van der Waals surface area contributed by atoms with Crippen molar-refractivity contribution in [1.29, 1.82) is 0 Å². The Labute approximate surface area is 98.4 Å². The molecule has 2 aliphatic rings. The van der Waals surface area contributed by atoms with E-state index in [1.165, 1.54) is 37.7 Å². The van der Waals surface area contributed by atoms with Gasteiger partial charge in [-0.15, -0.1) is 0 Å². The van der Waals surface area contributed by atoms with Crippen molar-refractivity contribution in [1.82, 2.24) is 0 Å². The number of hydrogen-bond acceptors (Lipinski definition) is 0. The molecule has 0 nitrogen and oxygen atoms in total. The summed E-state index contributed by atoms with van der Waals surface area (Å²) in [4.78, 5) is 0. The Balaban J connectivity index is 1.58. The summed E-state index contributed by atoms with van der Waals surface area (Å²) in [5.41, 5.74) is 2.08. The van der Waals surface area contributed by atoms with Gasteiger partial charge in [-0.25, -0.2) is 0 Å². The van der Waals surface area contributed by atoms with Crippen LogP contribution in [0.4, 0.5) is 0 Å². The molecule has 2 saturated carbocycles. The van der Waals surface area contributed by atoms with Gasteiger partial charge in [0.05, 0.1) is 0 Å². The zero-order chi connectivity index (χ0) is 10.8. The summed E-state index contributed by atoms with van der Waals surface area (Å²) in [6.07, 6.45) is 13.4. The molecule has 2 aliphatic carbocycles. The Morgan fingerprint density at radius 2 is 1.88 bits per heavy atom. The molecule has 0 heterocycles. The molecule has 0 radical (unpaired) electrons. The largest absolute Gasteiger partial charge is 0.0836 e. The molecule has 0 atom stereocenters. The molecule has 2 fully saturated rings. The van der Waals surface area contributed by atoms with Crippen LogP contribution in [-0.2, 0) is 6.42 Å². The van der Waals surface area contributed by atoms with Gasteiger partial charge in [0, 0.05) is 0 Å². The predicted octanol–water partition coefficient (Wildman–Crippen LogP) is 4.37. The third-order valence-electron chi connectivity index (χ3n) is 4.39. The Bertz CT molecular complexity index is 366. The highest BCUT2D eigenvalue weighted by Gasteiger charge is 2.48. The number of rotatable bonds is 4. The molecule has 0 spiro atoms. The second-order valence-electron chi connectivity index (χ2n) is 5.45. The lowest BCUT2D eigenvalue weighted by molar-refractivity contribution is 0.225. The van der Waals surface area contributed by atoms with Crippen molar-refractivity contribution in [2.75, 3.05) is 0 Å². The normalized spacial score (nSPS) is 23.2. The van der Waals surface area contributed by atoms with Crippen LogP contribution in [0.5, 0.6) is 0 Å². The summed E-state index contributed by atoms with van der Waals surface area (Å²) in [7, 11) is 0. The van der Waals surface area contributed by atoms with Crippen molar-refractivity contribution in [3.05, 3.63) is 48.0 Å². The van der Waals surface area contributed by atoms with E-state index in [2.05, 4.69) is 42.5 Å². The maximum absolute atomic E-state index is 2.53. The van der Waals surface area contributed by atoms with Crippen molar-refractivity contribution in [2.45, 2.75) is 38.5 Å². The molecular weight excluding hydrogens is 192 g/mol. The van der Waals surface area contributed by atoms with Gasteiger partial charge in [-0.2, -0.15) is 0 Å². The van der Waals surface area contributed by atoms with Gasteiger partial charge in [0.2, 0.25) is 0 Å². The molecule has 1 aromatic rings. The van der Waals surface area contributed by atoms with Crippen LogP contribution >= 0.6 is 0 Å². The van der Waals surface area contributed by atoms with Crippen molar-refractivity contribution < 1.29 is 0 Å². The second-order valence-corrected chi connectivity index (χ2v) is 5.45. The molecule has 0 amide bonds. The Morgan fingerprint density at radius 1 is 1.12 bits per heavy atom. The molecule has 3 rings (SSSR count). The molecule has 0 aromatic heterocycles. The quantitative estimate of drug-likeness (QED) is 0.650.